The van der Waals surface area contributed by atoms with Gasteiger partial charge in [0.25, 0.3) is 5.91 Å². The number of aromatic nitrogens is 3. The molecule has 34 heavy (non-hydrogen) atoms. The minimum absolute atomic E-state index is 0.0575. The number of fused-ring (bicyclic) bond motifs is 1. The third kappa shape index (κ3) is 4.84. The van der Waals surface area contributed by atoms with Crippen molar-refractivity contribution in [2.75, 3.05) is 19.0 Å². The number of nitrogens with one attached hydrogen (secondary N) is 2. The first kappa shape index (κ1) is 23.6. The van der Waals surface area contributed by atoms with Crippen molar-refractivity contribution in [3.63, 3.8) is 0 Å². The second-order valence-corrected chi connectivity index (χ2v) is 9.26. The molecule has 1 aliphatic heterocycles. The van der Waals surface area contributed by atoms with Crippen LogP contribution in [0, 0.1) is 0 Å². The molecule has 2 aromatic heterocycles. The van der Waals surface area contributed by atoms with Crippen LogP contribution < -0.4 is 15.4 Å². The highest BCUT2D eigenvalue weighted by molar-refractivity contribution is 6.32. The third-order valence-electron chi connectivity index (χ3n) is 5.18. The molecule has 0 fully saturated rings. The molecule has 3 aromatic rings. The zero-order valence-electron chi connectivity index (χ0n) is 19.4. The van der Waals surface area contributed by atoms with Crippen molar-refractivity contribution >= 4 is 34.9 Å². The number of nitrogens with zero attached hydrogens (tertiary/aromatic N) is 3. The van der Waals surface area contributed by atoms with E-state index in [4.69, 9.17) is 26.2 Å². The molecular formula is C24H26ClN5O4. The molecule has 0 aliphatic carbocycles. The van der Waals surface area contributed by atoms with Crippen LogP contribution in [0.25, 0.3) is 11.3 Å². The molecule has 10 heteroatoms. The molecule has 0 saturated carbocycles. The molecule has 0 saturated heterocycles. The number of methoxy groups -OCH3 is 1. The van der Waals surface area contributed by atoms with E-state index in [-0.39, 0.29) is 24.8 Å². The van der Waals surface area contributed by atoms with E-state index in [1.807, 2.05) is 20.8 Å². The zero-order valence-corrected chi connectivity index (χ0v) is 20.1. The summed E-state index contributed by atoms with van der Waals surface area (Å²) in [6.45, 7) is 5.70. The number of halogens is 1. The number of amides is 1. The molecule has 178 valence electrons. The van der Waals surface area contributed by atoms with Crippen molar-refractivity contribution < 1.29 is 19.1 Å². The Morgan fingerprint density at radius 1 is 1.26 bits per heavy atom. The second kappa shape index (κ2) is 9.34. The van der Waals surface area contributed by atoms with Crippen LogP contribution in [0.5, 0.6) is 5.75 Å². The zero-order chi connectivity index (χ0) is 24.5. The van der Waals surface area contributed by atoms with Crippen molar-refractivity contribution in [2.24, 2.45) is 0 Å². The average Bonchev–Trinajstić information content (AvgIpc) is 3.15. The van der Waals surface area contributed by atoms with Gasteiger partial charge >= 0.3 is 5.97 Å². The molecule has 1 unspecified atom stereocenters. The number of carbonyl (C=O) groups is 2. The lowest BCUT2D eigenvalue weighted by Crippen LogP contribution is -2.41. The monoisotopic (exact) mass is 483 g/mol. The van der Waals surface area contributed by atoms with Crippen LogP contribution in [-0.2, 0) is 9.53 Å². The molecule has 1 aromatic carbocycles. The van der Waals surface area contributed by atoms with Crippen molar-refractivity contribution in [3.05, 3.63) is 53.4 Å². The number of rotatable bonds is 6. The van der Waals surface area contributed by atoms with Gasteiger partial charge in [0.1, 0.15) is 11.3 Å². The van der Waals surface area contributed by atoms with E-state index >= 15 is 0 Å². The van der Waals surface area contributed by atoms with Crippen LogP contribution in [-0.4, -0.2) is 45.9 Å². The number of benzene rings is 1. The van der Waals surface area contributed by atoms with E-state index in [0.29, 0.717) is 33.5 Å². The fourth-order valence-corrected chi connectivity index (χ4v) is 4.06. The topological polar surface area (TPSA) is 107 Å². The summed E-state index contributed by atoms with van der Waals surface area (Å²) in [7, 11) is 1.52. The Hall–Kier alpha value is -3.59. The Labute approximate surface area is 202 Å². The Kier molecular flexibility index (Phi) is 6.47. The first-order valence-electron chi connectivity index (χ1n) is 10.8. The van der Waals surface area contributed by atoms with E-state index < -0.39 is 11.6 Å². The van der Waals surface area contributed by atoms with E-state index in [9.17, 15) is 9.59 Å². The molecule has 3 heterocycles. The maximum Gasteiger partial charge on any atom is 0.308 e. The molecule has 2 N–H and O–H groups in total. The van der Waals surface area contributed by atoms with E-state index in [1.165, 1.54) is 7.11 Å². The molecule has 0 bridgehead atoms. The van der Waals surface area contributed by atoms with Crippen molar-refractivity contribution in [2.45, 2.75) is 38.8 Å². The molecule has 1 amide bonds. The molecule has 9 nitrogen and oxygen atoms in total. The molecule has 4 rings (SSSR count). The number of para-hydroxylation sites is 1. The maximum absolute atomic E-state index is 13.0. The number of carbonyl (C=O) groups excluding carboxylic acids is 2. The van der Waals surface area contributed by atoms with Crippen molar-refractivity contribution in [1.29, 1.82) is 0 Å². The number of hydrogen-bond donors (Lipinski definition) is 2. The van der Waals surface area contributed by atoms with Crippen LogP contribution in [0.3, 0.4) is 0 Å². The average molecular weight is 484 g/mol. The quantitative estimate of drug-likeness (QED) is 0.501. The summed E-state index contributed by atoms with van der Waals surface area (Å²) < 4.78 is 12.6. The first-order valence-corrected chi connectivity index (χ1v) is 11.2. The lowest BCUT2D eigenvalue weighted by atomic mass is 10.1. The van der Waals surface area contributed by atoms with Crippen LogP contribution >= 0.6 is 11.6 Å². The molecular weight excluding hydrogens is 458 g/mol. The predicted octanol–water partition coefficient (Wildman–Crippen LogP) is 4.37. The second-order valence-electron chi connectivity index (χ2n) is 8.85. The Morgan fingerprint density at radius 3 is 2.68 bits per heavy atom. The summed E-state index contributed by atoms with van der Waals surface area (Å²) in [4.78, 5) is 29.7. The number of hydrogen-bond acceptors (Lipinski definition) is 7. The van der Waals surface area contributed by atoms with Gasteiger partial charge in [0.15, 0.2) is 11.4 Å². The van der Waals surface area contributed by atoms with Gasteiger partial charge in [-0.2, -0.15) is 5.10 Å². The minimum Gasteiger partial charge on any atom is -0.493 e. The predicted molar refractivity (Wildman–Crippen MR) is 129 cm³/mol. The fourth-order valence-electron chi connectivity index (χ4n) is 3.81. The number of ether oxygens (including phenoxy) is 2. The summed E-state index contributed by atoms with van der Waals surface area (Å²) in [6.07, 6.45) is 3.35. The van der Waals surface area contributed by atoms with Gasteiger partial charge in [0, 0.05) is 24.5 Å². The highest BCUT2D eigenvalue weighted by Gasteiger charge is 2.34. The maximum atomic E-state index is 13.0. The highest BCUT2D eigenvalue weighted by atomic mass is 35.5. The Morgan fingerprint density at radius 2 is 2.00 bits per heavy atom. The lowest BCUT2D eigenvalue weighted by Gasteiger charge is -2.26. The van der Waals surface area contributed by atoms with Crippen molar-refractivity contribution in [3.8, 4) is 17.0 Å². The van der Waals surface area contributed by atoms with Crippen LogP contribution in [0.2, 0.25) is 5.02 Å². The van der Waals surface area contributed by atoms with Gasteiger partial charge in [-0.3, -0.25) is 19.3 Å². The first-order chi connectivity index (χ1) is 16.2. The molecule has 1 atom stereocenters. The van der Waals surface area contributed by atoms with Crippen LogP contribution in [0.15, 0.2) is 42.7 Å². The van der Waals surface area contributed by atoms with Crippen molar-refractivity contribution in [1.82, 2.24) is 20.1 Å². The standard InChI is InChI=1S/C24H26ClN5O4/c1-24(2,3)34-18(31)12-15-13-27-23(32)21-20(28-17-7-5-6-16(25)22(17)33-4)19(29-30(15)21)14-8-10-26-11-9-14/h5-11,15,28H,12-13H2,1-4H3,(H,27,32). The summed E-state index contributed by atoms with van der Waals surface area (Å²) >= 11 is 6.31. The molecule has 0 spiro atoms. The van der Waals surface area contributed by atoms with Gasteiger partial charge < -0.3 is 20.1 Å². The van der Waals surface area contributed by atoms with E-state index in [0.717, 1.165) is 5.56 Å². The molecule has 1 aliphatic rings. The van der Waals surface area contributed by atoms with Gasteiger partial charge in [-0.15, -0.1) is 0 Å². The fraction of sp³-hybridized carbons (Fsp3) is 0.333. The van der Waals surface area contributed by atoms with Gasteiger partial charge in [0.05, 0.1) is 36.0 Å². The van der Waals surface area contributed by atoms with Crippen LogP contribution in [0.1, 0.15) is 43.7 Å². The van der Waals surface area contributed by atoms with E-state index in [2.05, 4.69) is 15.6 Å². The van der Waals surface area contributed by atoms with Gasteiger partial charge in [-0.05, 0) is 45.0 Å². The minimum atomic E-state index is -0.611. The highest BCUT2D eigenvalue weighted by Crippen LogP contribution is 2.40. The summed E-state index contributed by atoms with van der Waals surface area (Å²) in [6, 6.07) is 8.47. The van der Waals surface area contributed by atoms with Gasteiger partial charge in [-0.1, -0.05) is 17.7 Å². The Bertz CT molecular complexity index is 1220. The van der Waals surface area contributed by atoms with E-state index in [1.54, 1.807) is 47.4 Å². The van der Waals surface area contributed by atoms with Gasteiger partial charge in [0.2, 0.25) is 0 Å². The SMILES string of the molecule is COc1c(Cl)cccc1Nc1c(-c2ccncc2)nn2c1C(=O)NCC2CC(=O)OC(C)(C)C. The van der Waals surface area contributed by atoms with Gasteiger partial charge in [-0.25, -0.2) is 0 Å². The number of pyridine rings is 1. The summed E-state index contributed by atoms with van der Waals surface area (Å²) in [5.41, 5.74) is 2.02. The number of anilines is 2. The summed E-state index contributed by atoms with van der Waals surface area (Å²) in [5.74, 6) is -0.241. The summed E-state index contributed by atoms with van der Waals surface area (Å²) in [5, 5.41) is 11.3. The third-order valence-corrected chi connectivity index (χ3v) is 5.47. The largest absolute Gasteiger partial charge is 0.493 e. The lowest BCUT2D eigenvalue weighted by molar-refractivity contribution is -0.155. The smallest absolute Gasteiger partial charge is 0.308 e. The molecule has 0 radical (unpaired) electrons. The Balaban J connectivity index is 1.81. The number of esters is 1. The normalized spacial score (nSPS) is 15.3. The van der Waals surface area contributed by atoms with Crippen LogP contribution in [0.4, 0.5) is 11.4 Å².